The van der Waals surface area contributed by atoms with Gasteiger partial charge in [0.2, 0.25) is 47.3 Å². The monoisotopic (exact) mass is 1360 g/mol. The predicted octanol–water partition coefficient (Wildman–Crippen LogP) is -6.66. The standard InChI is InChI=1S/C59H106N8O27/c1-35(2)88-22-8-6-7-18-60-42(74)13-9-14-46(78)67-59(32-85-26-15-43(75)61-19-10-23-89-56-47(64-36(3)71)53(82)50(79)39(29-68)92-56,33-86-27-16-44(76)62-20-11-24-90-57-48(65-37(4)72)54(83)51(80)40(30-69)93-57)34-87-28-17-45(77)63-21-12-25-91-58-49(66-38(5)73)55(84)52(81)41(31-70)94-58/h35,39-41,47-58,68-70,79-84H,6-34H2,1-5H3,(H,60,74)(H,61,75)(H,62,76)(H,63,77)(H,64,71)(H,65,72)(H,66,73)(H,67,78)/t39?,40?,41?,47?,48?,49?,50-,51-,52-,53+,54+,55+,56+,57+,58+,59?/m0/s1. The van der Waals surface area contributed by atoms with E-state index in [-0.39, 0.29) is 149 Å². The van der Waals surface area contributed by atoms with E-state index in [0.717, 1.165) is 19.3 Å². The van der Waals surface area contributed by atoms with Gasteiger partial charge in [0.05, 0.1) is 85.4 Å². The molecule has 544 valence electrons. The van der Waals surface area contributed by atoms with Crippen LogP contribution in [0.1, 0.15) is 112 Å². The molecule has 35 nitrogen and oxygen atoms in total. The SMILES string of the molecule is CC(=O)NC1[C@H](OCCCNC(=O)CCOCC(COCCC(=O)NCCCO[C@@H]2OC(CO)[C@H](O)[C@H](O)C2NC(C)=O)(COCCC(=O)NCCCO[C@@H]2OC(CO)[C@H](O)[C@H](O)C2NC(C)=O)NC(=O)CCCC(=O)NCCCCCOC(C)C)OC(CO)[C@H](O)[C@@H]1O. The van der Waals surface area contributed by atoms with E-state index in [9.17, 15) is 84.3 Å². The fourth-order valence-electron chi connectivity index (χ4n) is 9.94. The zero-order chi connectivity index (χ0) is 69.6. The lowest BCUT2D eigenvalue weighted by atomic mass is 9.97. The first-order valence-electron chi connectivity index (χ1n) is 32.1. The summed E-state index contributed by atoms with van der Waals surface area (Å²) in [6.07, 6.45) is -13.6. The van der Waals surface area contributed by atoms with Gasteiger partial charge in [0.1, 0.15) is 78.6 Å². The molecule has 3 aliphatic rings. The maximum Gasteiger partial charge on any atom is 0.222 e. The first-order valence-corrected chi connectivity index (χ1v) is 32.1. The lowest BCUT2D eigenvalue weighted by Crippen LogP contribution is -2.64. The molecular weight excluding hydrogens is 1250 g/mol. The van der Waals surface area contributed by atoms with Crippen LogP contribution in [0.2, 0.25) is 0 Å². The number of unbranched alkanes of at least 4 members (excludes halogenated alkanes) is 2. The molecule has 15 atom stereocenters. The molecule has 6 unspecified atom stereocenters. The maximum absolute atomic E-state index is 13.8. The second kappa shape index (κ2) is 46.3. The van der Waals surface area contributed by atoms with Crippen molar-refractivity contribution in [1.29, 1.82) is 0 Å². The highest BCUT2D eigenvalue weighted by molar-refractivity contribution is 5.80. The number of amides is 8. The van der Waals surface area contributed by atoms with Crippen LogP contribution in [-0.2, 0) is 85.7 Å². The molecule has 0 aliphatic carbocycles. The highest BCUT2D eigenvalue weighted by Crippen LogP contribution is 2.25. The van der Waals surface area contributed by atoms with Gasteiger partial charge in [-0.05, 0) is 58.8 Å². The van der Waals surface area contributed by atoms with Gasteiger partial charge in [0.25, 0.3) is 0 Å². The molecule has 0 bridgehead atoms. The molecule has 3 saturated heterocycles. The summed E-state index contributed by atoms with van der Waals surface area (Å²) in [6.45, 7) is 5.24. The Labute approximate surface area is 547 Å². The number of hydrogen-bond donors (Lipinski definition) is 17. The van der Waals surface area contributed by atoms with Crippen LogP contribution in [0.15, 0.2) is 0 Å². The fourth-order valence-corrected chi connectivity index (χ4v) is 9.94. The molecule has 3 heterocycles. The lowest BCUT2D eigenvalue weighted by molar-refractivity contribution is -0.270. The molecule has 0 spiro atoms. The molecule has 0 aromatic rings. The van der Waals surface area contributed by atoms with Gasteiger partial charge in [0.15, 0.2) is 18.9 Å². The van der Waals surface area contributed by atoms with Crippen LogP contribution in [0.4, 0.5) is 0 Å². The average molecular weight is 1360 g/mol. The van der Waals surface area contributed by atoms with Crippen molar-refractivity contribution in [2.24, 2.45) is 0 Å². The number of ether oxygens (including phenoxy) is 10. The smallest absolute Gasteiger partial charge is 0.222 e. The second-order valence-corrected chi connectivity index (χ2v) is 23.4. The quantitative estimate of drug-likeness (QED) is 0.0252. The summed E-state index contributed by atoms with van der Waals surface area (Å²) in [6, 6.07) is -3.47. The van der Waals surface area contributed by atoms with E-state index in [2.05, 4.69) is 42.5 Å². The Hall–Kier alpha value is -5.00. The van der Waals surface area contributed by atoms with E-state index >= 15 is 0 Å². The molecule has 3 rings (SSSR count). The summed E-state index contributed by atoms with van der Waals surface area (Å²) in [5.74, 6) is -3.72. The Morgan fingerprint density at radius 2 is 0.713 bits per heavy atom. The Morgan fingerprint density at radius 1 is 0.394 bits per heavy atom. The minimum absolute atomic E-state index is 0.0280. The third kappa shape index (κ3) is 31.9. The highest BCUT2D eigenvalue weighted by atomic mass is 16.7. The number of nitrogens with one attached hydrogen (secondary N) is 8. The van der Waals surface area contributed by atoms with Crippen molar-refractivity contribution in [3.63, 3.8) is 0 Å². The Morgan fingerprint density at radius 3 is 1.03 bits per heavy atom. The molecule has 8 amide bonds. The number of carbonyl (C=O) groups excluding carboxylic acids is 8. The Bertz CT molecular complexity index is 2040. The molecule has 0 aromatic carbocycles. The summed E-state index contributed by atoms with van der Waals surface area (Å²) in [5, 5.41) is 113. The van der Waals surface area contributed by atoms with E-state index in [1.807, 2.05) is 13.8 Å². The minimum atomic E-state index is -1.53. The number of aliphatic hydroxyl groups is 9. The van der Waals surface area contributed by atoms with Gasteiger partial charge in [-0.15, -0.1) is 0 Å². The maximum atomic E-state index is 13.8. The first-order chi connectivity index (χ1) is 44.8. The topological polar surface area (TPSA) is 507 Å². The van der Waals surface area contributed by atoms with E-state index in [1.165, 1.54) is 20.8 Å². The third-order valence-electron chi connectivity index (χ3n) is 14.9. The Kier molecular flexibility index (Phi) is 41.0. The van der Waals surface area contributed by atoms with Crippen molar-refractivity contribution < 1.29 is 132 Å². The van der Waals surface area contributed by atoms with E-state index in [4.69, 9.17) is 47.4 Å². The molecule has 3 fully saturated rings. The highest BCUT2D eigenvalue weighted by Gasteiger charge is 2.48. The molecular formula is C59H106N8O27. The molecule has 0 saturated carbocycles. The fraction of sp³-hybridized carbons (Fsp3) is 0.864. The zero-order valence-electron chi connectivity index (χ0n) is 54.6. The molecule has 94 heavy (non-hydrogen) atoms. The van der Waals surface area contributed by atoms with Crippen LogP contribution < -0.4 is 42.5 Å². The number of rotatable bonds is 48. The van der Waals surface area contributed by atoms with Gasteiger partial charge in [-0.3, -0.25) is 38.4 Å². The normalized spacial score (nSPS) is 26.7. The third-order valence-corrected chi connectivity index (χ3v) is 14.9. The van der Waals surface area contributed by atoms with Crippen molar-refractivity contribution in [3.05, 3.63) is 0 Å². The van der Waals surface area contributed by atoms with E-state index < -0.39 is 159 Å². The minimum Gasteiger partial charge on any atom is -0.394 e. The molecule has 0 aromatic heterocycles. The van der Waals surface area contributed by atoms with Crippen LogP contribution in [0.25, 0.3) is 0 Å². The molecule has 35 heteroatoms. The largest absolute Gasteiger partial charge is 0.394 e. The van der Waals surface area contributed by atoms with E-state index in [1.54, 1.807) is 0 Å². The lowest BCUT2D eigenvalue weighted by Gasteiger charge is -2.42. The van der Waals surface area contributed by atoms with Crippen LogP contribution in [0.3, 0.4) is 0 Å². The summed E-state index contributed by atoms with van der Waals surface area (Å²) in [5.41, 5.74) is -1.53. The average Bonchev–Trinajstić information content (AvgIpc) is 0.840. The van der Waals surface area contributed by atoms with Crippen molar-refractivity contribution in [1.82, 2.24) is 42.5 Å². The molecule has 17 N–H and O–H groups in total. The summed E-state index contributed by atoms with van der Waals surface area (Å²) >= 11 is 0. The van der Waals surface area contributed by atoms with Gasteiger partial charge in [-0.2, -0.15) is 0 Å². The summed E-state index contributed by atoms with van der Waals surface area (Å²) < 4.78 is 57.5. The number of hydrogen-bond acceptors (Lipinski definition) is 27. The van der Waals surface area contributed by atoms with Crippen molar-refractivity contribution in [2.45, 2.75) is 215 Å². The zero-order valence-corrected chi connectivity index (χ0v) is 54.6. The Balaban J connectivity index is 1.67. The van der Waals surface area contributed by atoms with Crippen LogP contribution in [0, 0.1) is 0 Å². The number of carbonyl (C=O) groups is 8. The summed E-state index contributed by atoms with van der Waals surface area (Å²) in [4.78, 5) is 101. The van der Waals surface area contributed by atoms with Crippen molar-refractivity contribution in [2.75, 3.05) is 112 Å². The van der Waals surface area contributed by atoms with Gasteiger partial charge < -0.3 is 136 Å². The first kappa shape index (κ1) is 83.2. The summed E-state index contributed by atoms with van der Waals surface area (Å²) in [7, 11) is 0. The van der Waals surface area contributed by atoms with Gasteiger partial charge >= 0.3 is 0 Å². The van der Waals surface area contributed by atoms with Crippen molar-refractivity contribution in [3.8, 4) is 0 Å². The second-order valence-electron chi connectivity index (χ2n) is 23.4. The van der Waals surface area contributed by atoms with Crippen LogP contribution >= 0.6 is 0 Å². The van der Waals surface area contributed by atoms with Crippen molar-refractivity contribution >= 4 is 47.3 Å². The van der Waals surface area contributed by atoms with Gasteiger partial charge in [-0.25, -0.2) is 0 Å². The van der Waals surface area contributed by atoms with Gasteiger partial charge in [0, 0.05) is 85.7 Å². The van der Waals surface area contributed by atoms with Gasteiger partial charge in [-0.1, -0.05) is 0 Å². The predicted molar refractivity (Wildman–Crippen MR) is 326 cm³/mol. The number of aliphatic hydroxyl groups excluding tert-OH is 9. The molecule has 0 radical (unpaired) electrons. The van der Waals surface area contributed by atoms with Crippen LogP contribution in [-0.4, -0.2) is 309 Å². The van der Waals surface area contributed by atoms with Crippen LogP contribution in [0.5, 0.6) is 0 Å². The molecule has 3 aliphatic heterocycles. The van der Waals surface area contributed by atoms with E-state index in [0.29, 0.717) is 13.2 Å².